The highest BCUT2D eigenvalue weighted by atomic mass is 35.5. The van der Waals surface area contributed by atoms with E-state index in [1.165, 1.54) is 4.90 Å². The van der Waals surface area contributed by atoms with Gasteiger partial charge in [0.15, 0.2) is 0 Å². The van der Waals surface area contributed by atoms with Crippen molar-refractivity contribution in [3.8, 4) is 0 Å². The van der Waals surface area contributed by atoms with Crippen LogP contribution in [0.2, 0.25) is 5.02 Å². The van der Waals surface area contributed by atoms with Gasteiger partial charge in [-0.1, -0.05) is 42.0 Å². The molecule has 6 heteroatoms. The lowest BCUT2D eigenvalue weighted by Crippen LogP contribution is -2.40. The molecular weight excluding hydrogens is 340 g/mol. The Balaban J connectivity index is 1.31. The quantitative estimate of drug-likeness (QED) is 0.644. The number of carbonyl (C=O) groups excluding carboxylic acids is 3. The zero-order valence-electron chi connectivity index (χ0n) is 13.7. The van der Waals surface area contributed by atoms with E-state index in [1.807, 2.05) is 12.1 Å². The number of halogens is 1. The Morgan fingerprint density at radius 3 is 2.40 bits per heavy atom. The van der Waals surface area contributed by atoms with Crippen molar-refractivity contribution in [1.82, 2.24) is 10.2 Å². The van der Waals surface area contributed by atoms with Gasteiger partial charge in [0, 0.05) is 18.1 Å². The minimum absolute atomic E-state index is 0.0767. The number of likely N-dealkylation sites (tertiary alicyclic amines) is 1. The van der Waals surface area contributed by atoms with Crippen molar-refractivity contribution in [2.75, 3.05) is 13.1 Å². The van der Waals surface area contributed by atoms with Gasteiger partial charge in [-0.25, -0.2) is 0 Å². The molecule has 3 aliphatic rings. The first-order valence-corrected chi connectivity index (χ1v) is 8.97. The van der Waals surface area contributed by atoms with E-state index < -0.39 is 0 Å². The standard InChI is InChI=1S/C19H19ClN2O3/c20-14-4-2-1-3-11(14)10-15(23)21-7-8-22-18(24)16-12-5-6-13(9-12)17(16)19(22)25/h1-6,12-13,16-17H,7-10H2,(H,21,23). The molecule has 1 heterocycles. The van der Waals surface area contributed by atoms with Gasteiger partial charge < -0.3 is 5.32 Å². The van der Waals surface area contributed by atoms with Gasteiger partial charge in [0.2, 0.25) is 17.7 Å². The Labute approximate surface area is 151 Å². The van der Waals surface area contributed by atoms with Gasteiger partial charge in [0.25, 0.3) is 0 Å². The van der Waals surface area contributed by atoms with Crippen LogP contribution in [0.1, 0.15) is 12.0 Å². The predicted molar refractivity (Wildman–Crippen MR) is 92.6 cm³/mol. The Morgan fingerprint density at radius 1 is 1.12 bits per heavy atom. The first kappa shape index (κ1) is 16.3. The number of nitrogens with zero attached hydrogens (tertiary/aromatic N) is 1. The van der Waals surface area contributed by atoms with E-state index in [-0.39, 0.29) is 60.9 Å². The molecule has 1 saturated carbocycles. The molecule has 130 valence electrons. The van der Waals surface area contributed by atoms with Gasteiger partial charge in [0.1, 0.15) is 0 Å². The topological polar surface area (TPSA) is 66.5 Å². The summed E-state index contributed by atoms with van der Waals surface area (Å²) in [6, 6.07) is 7.19. The minimum atomic E-state index is -0.179. The molecule has 1 aliphatic heterocycles. The molecule has 1 N–H and O–H groups in total. The van der Waals surface area contributed by atoms with Crippen molar-refractivity contribution in [3.63, 3.8) is 0 Å². The Bertz CT molecular complexity index is 746. The van der Waals surface area contributed by atoms with Gasteiger partial charge in [-0.05, 0) is 29.9 Å². The monoisotopic (exact) mass is 358 g/mol. The normalized spacial score (nSPS) is 29.4. The third-order valence-corrected chi connectivity index (χ3v) is 5.90. The molecule has 0 radical (unpaired) electrons. The van der Waals surface area contributed by atoms with E-state index in [1.54, 1.807) is 12.1 Å². The zero-order chi connectivity index (χ0) is 17.6. The fourth-order valence-corrected chi connectivity index (χ4v) is 4.57. The van der Waals surface area contributed by atoms with Crippen LogP contribution in [0, 0.1) is 23.7 Å². The molecule has 5 nitrogen and oxygen atoms in total. The summed E-state index contributed by atoms with van der Waals surface area (Å²) in [6.45, 7) is 0.501. The van der Waals surface area contributed by atoms with Crippen molar-refractivity contribution in [1.29, 1.82) is 0 Å². The van der Waals surface area contributed by atoms with Crippen molar-refractivity contribution >= 4 is 29.3 Å². The number of imide groups is 1. The maximum atomic E-state index is 12.5. The van der Waals surface area contributed by atoms with Gasteiger partial charge in [-0.2, -0.15) is 0 Å². The highest BCUT2D eigenvalue weighted by molar-refractivity contribution is 6.31. The summed E-state index contributed by atoms with van der Waals surface area (Å²) in [5.74, 6) is -0.256. The summed E-state index contributed by atoms with van der Waals surface area (Å²) in [7, 11) is 0. The zero-order valence-corrected chi connectivity index (χ0v) is 14.4. The molecule has 25 heavy (non-hydrogen) atoms. The molecule has 2 bridgehead atoms. The third-order valence-electron chi connectivity index (χ3n) is 5.53. The Morgan fingerprint density at radius 2 is 1.76 bits per heavy atom. The number of carbonyl (C=O) groups is 3. The van der Waals surface area contributed by atoms with Crippen molar-refractivity contribution in [3.05, 3.63) is 47.0 Å². The number of hydrogen-bond acceptors (Lipinski definition) is 3. The lowest BCUT2D eigenvalue weighted by atomic mass is 9.85. The first-order valence-electron chi connectivity index (χ1n) is 8.60. The highest BCUT2D eigenvalue weighted by Crippen LogP contribution is 2.52. The molecule has 2 aliphatic carbocycles. The summed E-state index contributed by atoms with van der Waals surface area (Å²) in [5.41, 5.74) is 0.757. The lowest BCUT2D eigenvalue weighted by molar-refractivity contribution is -0.141. The van der Waals surface area contributed by atoms with Crippen LogP contribution in [0.5, 0.6) is 0 Å². The second-order valence-electron chi connectivity index (χ2n) is 6.95. The minimum Gasteiger partial charge on any atom is -0.354 e. The van der Waals surface area contributed by atoms with Crippen molar-refractivity contribution < 1.29 is 14.4 Å². The van der Waals surface area contributed by atoms with E-state index in [0.717, 1.165) is 12.0 Å². The van der Waals surface area contributed by atoms with Crippen molar-refractivity contribution in [2.45, 2.75) is 12.8 Å². The molecule has 4 rings (SSSR count). The van der Waals surface area contributed by atoms with E-state index >= 15 is 0 Å². The summed E-state index contributed by atoms with van der Waals surface area (Å²) >= 11 is 6.05. The summed E-state index contributed by atoms with van der Waals surface area (Å²) in [4.78, 5) is 38.5. The molecule has 2 fully saturated rings. The molecule has 1 saturated heterocycles. The van der Waals surface area contributed by atoms with Crippen LogP contribution in [0.25, 0.3) is 0 Å². The maximum Gasteiger partial charge on any atom is 0.233 e. The van der Waals surface area contributed by atoms with Crippen LogP contribution >= 0.6 is 11.6 Å². The van der Waals surface area contributed by atoms with E-state index in [2.05, 4.69) is 17.5 Å². The van der Waals surface area contributed by atoms with Crippen LogP contribution in [0.3, 0.4) is 0 Å². The number of hydrogen-bond donors (Lipinski definition) is 1. The summed E-state index contributed by atoms with van der Waals surface area (Å²) < 4.78 is 0. The molecule has 4 atom stereocenters. The van der Waals surface area contributed by atoms with E-state index in [0.29, 0.717) is 5.02 Å². The average molecular weight is 359 g/mol. The number of benzene rings is 1. The van der Waals surface area contributed by atoms with Gasteiger partial charge in [0.05, 0.1) is 18.3 Å². The summed E-state index contributed by atoms with van der Waals surface area (Å²) in [6.07, 6.45) is 5.26. The molecule has 3 amide bonds. The number of fused-ring (bicyclic) bond motifs is 5. The van der Waals surface area contributed by atoms with Crippen LogP contribution < -0.4 is 5.32 Å². The van der Waals surface area contributed by atoms with Gasteiger partial charge in [-0.15, -0.1) is 0 Å². The lowest BCUT2D eigenvalue weighted by Gasteiger charge is -2.17. The molecular formula is C19H19ClN2O3. The molecule has 0 spiro atoms. The maximum absolute atomic E-state index is 12.5. The highest BCUT2D eigenvalue weighted by Gasteiger charge is 2.58. The van der Waals surface area contributed by atoms with E-state index in [9.17, 15) is 14.4 Å². The fourth-order valence-electron chi connectivity index (χ4n) is 4.37. The third kappa shape index (κ3) is 2.76. The molecule has 0 aromatic heterocycles. The van der Waals surface area contributed by atoms with Crippen LogP contribution in [-0.2, 0) is 20.8 Å². The number of rotatable bonds is 5. The van der Waals surface area contributed by atoms with Crippen molar-refractivity contribution in [2.24, 2.45) is 23.7 Å². The Kier molecular flexibility index (Phi) is 4.12. The van der Waals surface area contributed by atoms with Crippen LogP contribution in [-0.4, -0.2) is 35.7 Å². The summed E-state index contributed by atoms with van der Waals surface area (Å²) in [5, 5.41) is 3.32. The average Bonchev–Trinajstić information content (AvgIpc) is 3.26. The number of allylic oxidation sites excluding steroid dienone is 2. The van der Waals surface area contributed by atoms with E-state index in [4.69, 9.17) is 11.6 Å². The van der Waals surface area contributed by atoms with Crippen LogP contribution in [0.4, 0.5) is 0 Å². The smallest absolute Gasteiger partial charge is 0.233 e. The predicted octanol–water partition coefficient (Wildman–Crippen LogP) is 1.81. The second kappa shape index (κ2) is 6.30. The Hall–Kier alpha value is -2.14. The molecule has 1 aromatic carbocycles. The largest absolute Gasteiger partial charge is 0.354 e. The second-order valence-corrected chi connectivity index (χ2v) is 7.35. The molecule has 1 aromatic rings. The molecule has 4 unspecified atom stereocenters. The van der Waals surface area contributed by atoms with Gasteiger partial charge in [-0.3, -0.25) is 19.3 Å². The van der Waals surface area contributed by atoms with Gasteiger partial charge >= 0.3 is 0 Å². The fraction of sp³-hybridized carbons (Fsp3) is 0.421. The number of amides is 3. The first-order chi connectivity index (χ1) is 12.1. The van der Waals surface area contributed by atoms with Crippen LogP contribution in [0.15, 0.2) is 36.4 Å². The number of nitrogens with one attached hydrogen (secondary N) is 1. The SMILES string of the molecule is O=C(Cc1ccccc1Cl)NCCN1C(=O)C2C3C=CC(C3)C2C1=O.